The third-order valence-electron chi connectivity index (χ3n) is 2.31. The molecule has 0 aliphatic heterocycles. The lowest BCUT2D eigenvalue weighted by Gasteiger charge is -2.02. The van der Waals surface area contributed by atoms with Gasteiger partial charge in [0.15, 0.2) is 5.69 Å². The summed E-state index contributed by atoms with van der Waals surface area (Å²) >= 11 is 0. The van der Waals surface area contributed by atoms with Crippen LogP contribution in [0.1, 0.15) is 16.1 Å². The minimum Gasteiger partial charge on any atom is -0.476 e. The molecule has 100 valence electrons. The molecule has 19 heavy (non-hydrogen) atoms. The number of amides is 1. The van der Waals surface area contributed by atoms with Crippen molar-refractivity contribution in [2.24, 2.45) is 7.05 Å². The number of carboxylic acid groups (broad SMARTS) is 1. The molecule has 2 rings (SSSR count). The van der Waals surface area contributed by atoms with Gasteiger partial charge < -0.3 is 10.4 Å². The highest BCUT2D eigenvalue weighted by Crippen LogP contribution is 1.96. The molecule has 9 heteroatoms. The van der Waals surface area contributed by atoms with E-state index in [1.165, 1.54) is 10.9 Å². The highest BCUT2D eigenvalue weighted by atomic mass is 16.4. The molecule has 0 aliphatic carbocycles. The third-order valence-corrected chi connectivity index (χ3v) is 2.31. The first kappa shape index (κ1) is 12.7. The summed E-state index contributed by atoms with van der Waals surface area (Å²) in [5.41, 5.74) is 0.681. The maximum atomic E-state index is 11.6. The molecule has 0 unspecified atom stereocenters. The summed E-state index contributed by atoms with van der Waals surface area (Å²) in [5, 5.41) is 22.3. The Hall–Kier alpha value is -2.71. The van der Waals surface area contributed by atoms with Gasteiger partial charge in [-0.3, -0.25) is 9.48 Å². The van der Waals surface area contributed by atoms with E-state index < -0.39 is 5.97 Å². The van der Waals surface area contributed by atoms with Crippen LogP contribution in [0.3, 0.4) is 0 Å². The van der Waals surface area contributed by atoms with Crippen molar-refractivity contribution in [2.75, 3.05) is 0 Å². The first-order chi connectivity index (χ1) is 9.04. The SMILES string of the molecule is Cn1cc(CNC(=O)Cn2cc(C(=O)O)nn2)cn1. The lowest BCUT2D eigenvalue weighted by atomic mass is 10.3. The number of hydrogen-bond acceptors (Lipinski definition) is 5. The van der Waals surface area contributed by atoms with E-state index in [9.17, 15) is 9.59 Å². The Morgan fingerprint density at radius 1 is 1.42 bits per heavy atom. The molecule has 0 spiro atoms. The van der Waals surface area contributed by atoms with Crippen LogP contribution in [0.5, 0.6) is 0 Å². The second-order valence-electron chi connectivity index (χ2n) is 3.91. The van der Waals surface area contributed by atoms with Crippen molar-refractivity contribution in [3.8, 4) is 0 Å². The van der Waals surface area contributed by atoms with Crippen molar-refractivity contribution >= 4 is 11.9 Å². The maximum absolute atomic E-state index is 11.6. The van der Waals surface area contributed by atoms with Gasteiger partial charge in [-0.05, 0) is 0 Å². The van der Waals surface area contributed by atoms with Crippen molar-refractivity contribution in [2.45, 2.75) is 13.1 Å². The van der Waals surface area contributed by atoms with Crippen LogP contribution in [0.4, 0.5) is 0 Å². The van der Waals surface area contributed by atoms with Gasteiger partial charge in [-0.2, -0.15) is 5.10 Å². The van der Waals surface area contributed by atoms with Crippen molar-refractivity contribution < 1.29 is 14.7 Å². The van der Waals surface area contributed by atoms with E-state index in [-0.39, 0.29) is 18.1 Å². The van der Waals surface area contributed by atoms with Crippen molar-refractivity contribution in [3.05, 3.63) is 29.8 Å². The fourth-order valence-corrected chi connectivity index (χ4v) is 1.44. The first-order valence-electron chi connectivity index (χ1n) is 5.42. The number of nitrogens with one attached hydrogen (secondary N) is 1. The molecule has 9 nitrogen and oxygen atoms in total. The predicted octanol–water partition coefficient (Wildman–Crippen LogP) is -0.974. The van der Waals surface area contributed by atoms with Crippen LogP contribution in [-0.2, 0) is 24.9 Å². The molecule has 0 radical (unpaired) electrons. The third kappa shape index (κ3) is 3.37. The highest BCUT2D eigenvalue weighted by molar-refractivity contribution is 5.84. The zero-order valence-corrected chi connectivity index (χ0v) is 10.1. The molecule has 0 bridgehead atoms. The van der Waals surface area contributed by atoms with Crippen LogP contribution in [0.25, 0.3) is 0 Å². The van der Waals surface area contributed by atoms with E-state index in [1.807, 2.05) is 0 Å². The molecule has 2 aromatic rings. The number of carbonyl (C=O) groups excluding carboxylic acids is 1. The number of carboxylic acids is 1. The Bertz CT molecular complexity index is 602. The quantitative estimate of drug-likeness (QED) is 0.717. The highest BCUT2D eigenvalue weighted by Gasteiger charge is 2.10. The molecule has 1 amide bonds. The molecule has 2 N–H and O–H groups in total. The molecule has 0 aliphatic rings. The number of rotatable bonds is 5. The summed E-state index contributed by atoms with van der Waals surface area (Å²) < 4.78 is 2.81. The summed E-state index contributed by atoms with van der Waals surface area (Å²) in [4.78, 5) is 22.2. The minimum absolute atomic E-state index is 0.0828. The number of aromatic nitrogens is 5. The van der Waals surface area contributed by atoms with E-state index in [0.717, 1.165) is 5.56 Å². The smallest absolute Gasteiger partial charge is 0.358 e. The first-order valence-corrected chi connectivity index (χ1v) is 5.42. The largest absolute Gasteiger partial charge is 0.476 e. The Kier molecular flexibility index (Phi) is 3.55. The van der Waals surface area contributed by atoms with E-state index in [1.54, 1.807) is 24.1 Å². The van der Waals surface area contributed by atoms with Crippen LogP contribution in [0.2, 0.25) is 0 Å². The molecule has 0 saturated carbocycles. The molecule has 2 aromatic heterocycles. The predicted molar refractivity (Wildman–Crippen MR) is 62.0 cm³/mol. The fraction of sp³-hybridized carbons (Fsp3) is 0.300. The van der Waals surface area contributed by atoms with Gasteiger partial charge in [0.2, 0.25) is 5.91 Å². The topological polar surface area (TPSA) is 115 Å². The Morgan fingerprint density at radius 2 is 2.21 bits per heavy atom. The lowest BCUT2D eigenvalue weighted by Crippen LogP contribution is -2.27. The van der Waals surface area contributed by atoms with E-state index in [4.69, 9.17) is 5.11 Å². The molecule has 0 fully saturated rings. The number of carbonyl (C=O) groups is 2. The molecule has 0 aromatic carbocycles. The number of nitrogens with zero attached hydrogens (tertiary/aromatic N) is 5. The average Bonchev–Trinajstić information content (AvgIpc) is 2.96. The second-order valence-corrected chi connectivity index (χ2v) is 3.91. The van der Waals surface area contributed by atoms with Gasteiger partial charge in [0.05, 0.1) is 12.4 Å². The fourth-order valence-electron chi connectivity index (χ4n) is 1.44. The van der Waals surface area contributed by atoms with Gasteiger partial charge in [0.25, 0.3) is 0 Å². The summed E-state index contributed by atoms with van der Waals surface area (Å²) in [7, 11) is 1.79. The van der Waals surface area contributed by atoms with Gasteiger partial charge in [-0.1, -0.05) is 5.21 Å². The van der Waals surface area contributed by atoms with Crippen molar-refractivity contribution in [1.29, 1.82) is 0 Å². The molecular weight excluding hydrogens is 252 g/mol. The van der Waals surface area contributed by atoms with E-state index in [0.29, 0.717) is 6.54 Å². The van der Waals surface area contributed by atoms with Crippen LogP contribution in [0.15, 0.2) is 18.6 Å². The van der Waals surface area contributed by atoms with Crippen LogP contribution in [0, 0.1) is 0 Å². The Labute approximate surface area is 107 Å². The Morgan fingerprint density at radius 3 is 2.79 bits per heavy atom. The van der Waals surface area contributed by atoms with Crippen molar-refractivity contribution in [3.63, 3.8) is 0 Å². The summed E-state index contributed by atoms with van der Waals surface area (Å²) in [5.74, 6) is -1.47. The zero-order valence-electron chi connectivity index (χ0n) is 10.1. The van der Waals surface area contributed by atoms with Crippen LogP contribution < -0.4 is 5.32 Å². The molecule has 0 saturated heterocycles. The van der Waals surface area contributed by atoms with Crippen LogP contribution >= 0.6 is 0 Å². The Balaban J connectivity index is 1.85. The minimum atomic E-state index is -1.18. The van der Waals surface area contributed by atoms with E-state index >= 15 is 0 Å². The summed E-state index contributed by atoms with van der Waals surface area (Å²) in [6, 6.07) is 0. The van der Waals surface area contributed by atoms with Gasteiger partial charge in [-0.15, -0.1) is 5.10 Å². The number of hydrogen-bond donors (Lipinski definition) is 2. The molecular formula is C10H12N6O3. The monoisotopic (exact) mass is 264 g/mol. The van der Waals surface area contributed by atoms with Gasteiger partial charge in [0.1, 0.15) is 6.54 Å². The summed E-state index contributed by atoms with van der Waals surface area (Å²) in [6.07, 6.45) is 4.64. The second kappa shape index (κ2) is 5.29. The zero-order chi connectivity index (χ0) is 13.8. The summed E-state index contributed by atoms with van der Waals surface area (Å²) in [6.45, 7) is 0.272. The van der Waals surface area contributed by atoms with Gasteiger partial charge >= 0.3 is 5.97 Å². The molecule has 0 atom stereocenters. The van der Waals surface area contributed by atoms with E-state index in [2.05, 4.69) is 20.7 Å². The van der Waals surface area contributed by atoms with Gasteiger partial charge in [-0.25, -0.2) is 9.48 Å². The standard InChI is InChI=1S/C10H12N6O3/c1-15-4-7(3-12-15)2-11-9(17)6-16-5-8(10(18)19)13-14-16/h3-5H,2,6H2,1H3,(H,11,17)(H,18,19). The van der Waals surface area contributed by atoms with Gasteiger partial charge in [0, 0.05) is 25.4 Å². The normalized spacial score (nSPS) is 10.4. The van der Waals surface area contributed by atoms with Crippen molar-refractivity contribution in [1.82, 2.24) is 30.1 Å². The average molecular weight is 264 g/mol. The number of aryl methyl sites for hydroxylation is 1. The maximum Gasteiger partial charge on any atom is 0.358 e. The molecule has 2 heterocycles. The van der Waals surface area contributed by atoms with Crippen LogP contribution in [-0.4, -0.2) is 41.8 Å². The lowest BCUT2D eigenvalue weighted by molar-refractivity contribution is -0.122. The number of aromatic carboxylic acids is 1.